The number of nitrogens with two attached hydrogens (primary N) is 1. The van der Waals surface area contributed by atoms with Gasteiger partial charge in [-0.3, -0.25) is 9.59 Å². The molecule has 0 saturated carbocycles. The molecule has 0 bridgehead atoms. The number of carbonyl (C=O) groups excluding carboxylic acids is 2. The van der Waals surface area contributed by atoms with Gasteiger partial charge in [0.2, 0.25) is 11.8 Å². The Morgan fingerprint density at radius 2 is 1.88 bits per heavy atom. The Morgan fingerprint density at radius 1 is 1.25 bits per heavy atom. The van der Waals surface area contributed by atoms with E-state index in [9.17, 15) is 9.59 Å². The van der Waals surface area contributed by atoms with Gasteiger partial charge >= 0.3 is 0 Å². The van der Waals surface area contributed by atoms with Crippen LogP contribution < -0.4 is 5.73 Å². The van der Waals surface area contributed by atoms with Crippen molar-refractivity contribution in [3.8, 4) is 0 Å². The summed E-state index contributed by atoms with van der Waals surface area (Å²) in [6.07, 6.45) is 0.254. The van der Waals surface area contributed by atoms with Crippen LogP contribution in [0.25, 0.3) is 0 Å². The number of likely N-dealkylation sites (N-methyl/N-ethyl adjacent to an activating group) is 1. The number of nitrogens with zero attached hydrogens (tertiary/aromatic N) is 2. The standard InChI is InChI=1S/C10H21N3O3/c1-12(2)10(15)8-13(6-7-16-3)9(14)4-5-11/h4-8,11H2,1-3H3. The van der Waals surface area contributed by atoms with Crippen LogP contribution in [0.4, 0.5) is 0 Å². The van der Waals surface area contributed by atoms with Crippen LogP contribution in [0.1, 0.15) is 6.42 Å². The van der Waals surface area contributed by atoms with Crippen LogP contribution >= 0.6 is 0 Å². The molecule has 0 aliphatic rings. The smallest absolute Gasteiger partial charge is 0.241 e. The van der Waals surface area contributed by atoms with Gasteiger partial charge in [-0.15, -0.1) is 0 Å². The van der Waals surface area contributed by atoms with E-state index in [1.54, 1.807) is 21.2 Å². The predicted octanol–water partition coefficient (Wildman–Crippen LogP) is -1.10. The van der Waals surface area contributed by atoms with Crippen LogP contribution in [-0.4, -0.2) is 69.1 Å². The molecular weight excluding hydrogens is 210 g/mol. The molecule has 0 unspecified atom stereocenters. The van der Waals surface area contributed by atoms with Gasteiger partial charge in [-0.2, -0.15) is 0 Å². The minimum Gasteiger partial charge on any atom is -0.383 e. The summed E-state index contributed by atoms with van der Waals surface area (Å²) >= 11 is 0. The van der Waals surface area contributed by atoms with Crippen LogP contribution in [0.2, 0.25) is 0 Å². The molecule has 2 N–H and O–H groups in total. The SMILES string of the molecule is COCCN(CC(=O)N(C)C)C(=O)CCN. The van der Waals surface area contributed by atoms with Gasteiger partial charge in [0.05, 0.1) is 13.2 Å². The predicted molar refractivity (Wildman–Crippen MR) is 60.8 cm³/mol. The lowest BCUT2D eigenvalue weighted by Crippen LogP contribution is -2.42. The molecule has 0 radical (unpaired) electrons. The van der Waals surface area contributed by atoms with E-state index >= 15 is 0 Å². The normalized spacial score (nSPS) is 10.0. The lowest BCUT2D eigenvalue weighted by Gasteiger charge is -2.23. The summed E-state index contributed by atoms with van der Waals surface area (Å²) in [6.45, 7) is 1.19. The summed E-state index contributed by atoms with van der Waals surface area (Å²) in [4.78, 5) is 26.0. The van der Waals surface area contributed by atoms with Gasteiger partial charge in [-0.1, -0.05) is 0 Å². The summed E-state index contributed by atoms with van der Waals surface area (Å²) in [5.74, 6) is -0.226. The Morgan fingerprint density at radius 3 is 2.31 bits per heavy atom. The van der Waals surface area contributed by atoms with Crippen molar-refractivity contribution in [3.63, 3.8) is 0 Å². The van der Waals surface area contributed by atoms with Gasteiger partial charge in [0.25, 0.3) is 0 Å². The first-order valence-corrected chi connectivity index (χ1v) is 5.19. The number of hydrogen-bond donors (Lipinski definition) is 1. The summed E-state index contributed by atoms with van der Waals surface area (Å²) in [6, 6.07) is 0. The highest BCUT2D eigenvalue weighted by atomic mass is 16.5. The van der Waals surface area contributed by atoms with Crippen LogP contribution in [0.3, 0.4) is 0 Å². The molecule has 0 aliphatic heterocycles. The monoisotopic (exact) mass is 231 g/mol. The van der Waals surface area contributed by atoms with Crippen molar-refractivity contribution < 1.29 is 14.3 Å². The number of amides is 2. The first-order valence-electron chi connectivity index (χ1n) is 5.19. The van der Waals surface area contributed by atoms with Crippen molar-refractivity contribution in [1.29, 1.82) is 0 Å². The van der Waals surface area contributed by atoms with Crippen molar-refractivity contribution in [2.45, 2.75) is 6.42 Å². The first-order chi connectivity index (χ1) is 7.52. The zero-order valence-corrected chi connectivity index (χ0v) is 10.2. The molecule has 94 valence electrons. The molecule has 0 aromatic carbocycles. The number of ether oxygens (including phenoxy) is 1. The zero-order chi connectivity index (χ0) is 12.6. The molecule has 0 aromatic rings. The van der Waals surface area contributed by atoms with Crippen molar-refractivity contribution in [2.75, 3.05) is 47.4 Å². The molecule has 2 amide bonds. The Kier molecular flexibility index (Phi) is 7.49. The van der Waals surface area contributed by atoms with Gasteiger partial charge in [0.15, 0.2) is 0 Å². The quantitative estimate of drug-likeness (QED) is 0.603. The van der Waals surface area contributed by atoms with Gasteiger partial charge in [0, 0.05) is 40.7 Å². The van der Waals surface area contributed by atoms with Crippen LogP contribution in [-0.2, 0) is 14.3 Å². The average Bonchev–Trinajstić information content (AvgIpc) is 2.23. The summed E-state index contributed by atoms with van der Waals surface area (Å²) < 4.78 is 4.89. The van der Waals surface area contributed by atoms with Crippen LogP contribution in [0.15, 0.2) is 0 Å². The maximum absolute atomic E-state index is 11.6. The lowest BCUT2D eigenvalue weighted by atomic mass is 10.3. The molecule has 6 nitrogen and oxygen atoms in total. The Labute approximate surface area is 96.3 Å². The Balaban J connectivity index is 4.30. The fraction of sp³-hybridized carbons (Fsp3) is 0.800. The summed E-state index contributed by atoms with van der Waals surface area (Å²) in [7, 11) is 4.87. The Hall–Kier alpha value is -1.14. The molecule has 0 atom stereocenters. The van der Waals surface area contributed by atoms with Crippen molar-refractivity contribution in [2.24, 2.45) is 5.73 Å². The van der Waals surface area contributed by atoms with Crippen LogP contribution in [0.5, 0.6) is 0 Å². The first kappa shape index (κ1) is 14.9. The van der Waals surface area contributed by atoms with E-state index in [0.29, 0.717) is 19.7 Å². The fourth-order valence-electron chi connectivity index (χ4n) is 1.08. The zero-order valence-electron chi connectivity index (χ0n) is 10.2. The second kappa shape index (κ2) is 8.06. The van der Waals surface area contributed by atoms with Crippen molar-refractivity contribution in [3.05, 3.63) is 0 Å². The third-order valence-electron chi connectivity index (χ3n) is 2.10. The van der Waals surface area contributed by atoms with Gasteiger partial charge in [-0.05, 0) is 0 Å². The third-order valence-corrected chi connectivity index (χ3v) is 2.10. The molecule has 0 fully saturated rings. The second-order valence-corrected chi connectivity index (χ2v) is 3.63. The molecule has 0 aromatic heterocycles. The topological polar surface area (TPSA) is 75.9 Å². The molecule has 0 heterocycles. The van der Waals surface area contributed by atoms with E-state index in [1.165, 1.54) is 9.80 Å². The average molecular weight is 231 g/mol. The lowest BCUT2D eigenvalue weighted by molar-refractivity contribution is -0.139. The van der Waals surface area contributed by atoms with Crippen LogP contribution in [0, 0.1) is 0 Å². The maximum atomic E-state index is 11.6. The van der Waals surface area contributed by atoms with Gasteiger partial charge in [0.1, 0.15) is 0 Å². The minimum atomic E-state index is -0.116. The largest absolute Gasteiger partial charge is 0.383 e. The molecular formula is C10H21N3O3. The summed E-state index contributed by atoms with van der Waals surface area (Å²) in [5.41, 5.74) is 5.31. The number of rotatable bonds is 7. The number of carbonyl (C=O) groups is 2. The molecule has 0 saturated heterocycles. The molecule has 0 rings (SSSR count). The highest BCUT2D eigenvalue weighted by molar-refractivity contribution is 5.84. The van der Waals surface area contributed by atoms with E-state index in [0.717, 1.165) is 0 Å². The molecule has 0 aliphatic carbocycles. The summed E-state index contributed by atoms with van der Waals surface area (Å²) in [5, 5.41) is 0. The van der Waals surface area contributed by atoms with Crippen molar-refractivity contribution >= 4 is 11.8 Å². The number of methoxy groups -OCH3 is 1. The van der Waals surface area contributed by atoms with Crippen molar-refractivity contribution in [1.82, 2.24) is 9.80 Å². The highest BCUT2D eigenvalue weighted by Crippen LogP contribution is 1.95. The van der Waals surface area contributed by atoms with Gasteiger partial charge in [-0.25, -0.2) is 0 Å². The van der Waals surface area contributed by atoms with E-state index < -0.39 is 0 Å². The fourth-order valence-corrected chi connectivity index (χ4v) is 1.08. The van der Waals surface area contributed by atoms with E-state index in [2.05, 4.69) is 0 Å². The van der Waals surface area contributed by atoms with Gasteiger partial charge < -0.3 is 20.3 Å². The Bertz CT molecular complexity index is 231. The van der Waals surface area contributed by atoms with E-state index in [1.807, 2.05) is 0 Å². The third kappa shape index (κ3) is 5.67. The van der Waals surface area contributed by atoms with E-state index in [4.69, 9.17) is 10.5 Å². The second-order valence-electron chi connectivity index (χ2n) is 3.63. The maximum Gasteiger partial charge on any atom is 0.241 e. The highest BCUT2D eigenvalue weighted by Gasteiger charge is 2.16. The molecule has 0 spiro atoms. The minimum absolute atomic E-state index is 0.0786. The van der Waals surface area contributed by atoms with E-state index in [-0.39, 0.29) is 24.8 Å². The molecule has 6 heteroatoms. The number of hydrogen-bond acceptors (Lipinski definition) is 4. The molecule has 16 heavy (non-hydrogen) atoms.